The molecular weight excluding hydrogens is 335 g/mol. The average Bonchev–Trinajstić information content (AvgIpc) is 2.12. The van der Waals surface area contributed by atoms with Gasteiger partial charge in [0.1, 0.15) is 10.2 Å². The number of aromatic nitrogens is 1. The van der Waals surface area contributed by atoms with Crippen LogP contribution < -0.4 is 4.74 Å². The summed E-state index contributed by atoms with van der Waals surface area (Å²) in [7, 11) is 0. The van der Waals surface area contributed by atoms with Crippen LogP contribution in [0.2, 0.25) is 0 Å². The Morgan fingerprint density at radius 3 is 2.39 bits per heavy atom. The highest BCUT2D eigenvalue weighted by Gasteiger charge is 2.34. The molecule has 0 saturated heterocycles. The van der Waals surface area contributed by atoms with Crippen molar-refractivity contribution in [3.05, 3.63) is 26.3 Å². The molecule has 0 bridgehead atoms. The van der Waals surface area contributed by atoms with Gasteiger partial charge in [-0.15, -0.1) is 13.2 Å². The molecule has 0 N–H and O–H groups in total. The Bertz CT molecular complexity index is 479. The van der Waals surface area contributed by atoms with Crippen LogP contribution in [0.15, 0.2) is 10.7 Å². The molecule has 0 aliphatic rings. The number of alkyl halides is 5. The molecule has 0 saturated carbocycles. The minimum Gasteiger partial charge on any atom is -0.388 e. The highest BCUT2D eigenvalue weighted by atomic mass is 79.9. The van der Waals surface area contributed by atoms with E-state index in [1.54, 1.807) is 0 Å². The van der Waals surface area contributed by atoms with Crippen molar-refractivity contribution in [2.75, 3.05) is 0 Å². The molecule has 1 rings (SSSR count). The lowest BCUT2D eigenvalue weighted by molar-refractivity contribution is -0.386. The molecule has 0 radical (unpaired) electrons. The Morgan fingerprint density at radius 2 is 2.00 bits per heavy atom. The van der Waals surface area contributed by atoms with Gasteiger partial charge in [0, 0.05) is 0 Å². The van der Waals surface area contributed by atoms with Crippen molar-refractivity contribution in [2.45, 2.75) is 12.8 Å². The lowest BCUT2D eigenvalue weighted by Crippen LogP contribution is -2.18. The minimum absolute atomic E-state index is 0.180. The van der Waals surface area contributed by atoms with Crippen LogP contribution >= 0.6 is 15.9 Å². The Balaban J connectivity index is 3.32. The molecule has 5 nitrogen and oxygen atoms in total. The molecule has 18 heavy (non-hydrogen) atoms. The third-order valence-corrected chi connectivity index (χ3v) is 2.21. The van der Waals surface area contributed by atoms with Crippen LogP contribution in [-0.4, -0.2) is 16.3 Å². The number of rotatable bonds is 3. The van der Waals surface area contributed by atoms with Crippen molar-refractivity contribution in [3.8, 4) is 5.88 Å². The Hall–Kier alpha value is -1.52. The summed E-state index contributed by atoms with van der Waals surface area (Å²) in [5, 5.41) is 10.5. The zero-order chi connectivity index (χ0) is 14.1. The first-order valence-corrected chi connectivity index (χ1v) is 4.80. The van der Waals surface area contributed by atoms with Gasteiger partial charge in [-0.25, -0.2) is 13.8 Å². The van der Waals surface area contributed by atoms with Gasteiger partial charge in [0.05, 0.1) is 11.0 Å². The van der Waals surface area contributed by atoms with E-state index in [-0.39, 0.29) is 6.07 Å². The molecule has 1 aromatic heterocycles. The number of pyridine rings is 1. The van der Waals surface area contributed by atoms with Gasteiger partial charge in [-0.2, -0.15) is 0 Å². The standard InChI is InChI=1S/C7H2BrF5N2O3/c8-5-4(6(9)10)2(15(16)17)1-3(14-5)18-7(11,12)13/h1,6H. The van der Waals surface area contributed by atoms with E-state index >= 15 is 0 Å². The van der Waals surface area contributed by atoms with Gasteiger partial charge in [-0.05, 0) is 15.9 Å². The van der Waals surface area contributed by atoms with E-state index in [1.807, 2.05) is 0 Å². The van der Waals surface area contributed by atoms with Gasteiger partial charge in [-0.1, -0.05) is 0 Å². The summed E-state index contributed by atoms with van der Waals surface area (Å²) in [4.78, 5) is 12.2. The minimum atomic E-state index is -5.13. The normalized spacial score (nSPS) is 11.7. The zero-order valence-electron chi connectivity index (χ0n) is 8.04. The topological polar surface area (TPSA) is 65.3 Å². The summed E-state index contributed by atoms with van der Waals surface area (Å²) in [5.41, 5.74) is -2.33. The highest BCUT2D eigenvalue weighted by Crippen LogP contribution is 2.37. The van der Waals surface area contributed by atoms with Crippen molar-refractivity contribution < 1.29 is 31.6 Å². The van der Waals surface area contributed by atoms with E-state index in [1.165, 1.54) is 0 Å². The van der Waals surface area contributed by atoms with Gasteiger partial charge in [-0.3, -0.25) is 10.1 Å². The van der Waals surface area contributed by atoms with Crippen molar-refractivity contribution in [2.24, 2.45) is 0 Å². The van der Waals surface area contributed by atoms with Gasteiger partial charge in [0.25, 0.3) is 12.1 Å². The molecule has 0 aliphatic carbocycles. The van der Waals surface area contributed by atoms with Crippen LogP contribution in [0.5, 0.6) is 5.88 Å². The molecule has 11 heteroatoms. The van der Waals surface area contributed by atoms with Gasteiger partial charge < -0.3 is 4.74 Å². The first-order valence-electron chi connectivity index (χ1n) is 4.00. The van der Waals surface area contributed by atoms with E-state index in [4.69, 9.17) is 0 Å². The predicted molar refractivity (Wildman–Crippen MR) is 50.2 cm³/mol. The number of hydrogen-bond acceptors (Lipinski definition) is 4. The van der Waals surface area contributed by atoms with Crippen LogP contribution in [0.3, 0.4) is 0 Å². The quantitative estimate of drug-likeness (QED) is 0.366. The van der Waals surface area contributed by atoms with Crippen LogP contribution in [0.25, 0.3) is 0 Å². The van der Waals surface area contributed by atoms with Crippen LogP contribution in [0.1, 0.15) is 12.0 Å². The summed E-state index contributed by atoms with van der Waals surface area (Å²) in [5.74, 6) is -1.20. The molecule has 0 aromatic carbocycles. The third kappa shape index (κ3) is 3.48. The predicted octanol–water partition coefficient (Wildman–Crippen LogP) is 3.59. The monoisotopic (exact) mass is 336 g/mol. The fraction of sp³-hybridized carbons (Fsp3) is 0.286. The van der Waals surface area contributed by atoms with Crippen molar-refractivity contribution in [1.82, 2.24) is 4.98 Å². The van der Waals surface area contributed by atoms with Crippen molar-refractivity contribution in [1.29, 1.82) is 0 Å². The van der Waals surface area contributed by atoms with Gasteiger partial charge in [0.2, 0.25) is 5.88 Å². The molecular formula is C7H2BrF5N2O3. The lowest BCUT2D eigenvalue weighted by atomic mass is 10.2. The van der Waals surface area contributed by atoms with E-state index in [2.05, 4.69) is 25.7 Å². The van der Waals surface area contributed by atoms with E-state index in [0.717, 1.165) is 0 Å². The van der Waals surface area contributed by atoms with Crippen LogP contribution in [0, 0.1) is 10.1 Å². The molecule has 0 spiro atoms. The Morgan fingerprint density at radius 1 is 1.44 bits per heavy atom. The van der Waals surface area contributed by atoms with Crippen LogP contribution in [0.4, 0.5) is 27.6 Å². The maximum Gasteiger partial charge on any atom is 0.574 e. The second kappa shape index (κ2) is 5.00. The third-order valence-electron chi connectivity index (χ3n) is 1.60. The maximum atomic E-state index is 12.5. The SMILES string of the molecule is O=[N+]([O-])c1cc(OC(F)(F)F)nc(Br)c1C(F)F. The lowest BCUT2D eigenvalue weighted by Gasteiger charge is -2.10. The molecule has 100 valence electrons. The average molecular weight is 337 g/mol. The number of nitro groups is 1. The summed E-state index contributed by atoms with van der Waals surface area (Å²) in [6, 6.07) is 0.180. The van der Waals surface area contributed by atoms with E-state index < -0.39 is 39.4 Å². The van der Waals surface area contributed by atoms with Gasteiger partial charge >= 0.3 is 6.36 Å². The fourth-order valence-electron chi connectivity index (χ4n) is 1.01. The summed E-state index contributed by atoms with van der Waals surface area (Å²) in [6.07, 6.45) is -8.40. The second-order valence-corrected chi connectivity index (χ2v) is 3.54. The number of nitrogens with zero attached hydrogens (tertiary/aromatic N) is 2. The zero-order valence-corrected chi connectivity index (χ0v) is 9.63. The number of hydrogen-bond donors (Lipinski definition) is 0. The van der Waals surface area contributed by atoms with Crippen molar-refractivity contribution >= 4 is 21.6 Å². The molecule has 0 amide bonds. The molecule has 1 aromatic rings. The molecule has 0 unspecified atom stereocenters. The first kappa shape index (κ1) is 14.5. The Labute approximate surface area is 104 Å². The smallest absolute Gasteiger partial charge is 0.388 e. The van der Waals surface area contributed by atoms with Gasteiger partial charge in [0.15, 0.2) is 0 Å². The Kier molecular flexibility index (Phi) is 4.04. The molecule has 0 aliphatic heterocycles. The van der Waals surface area contributed by atoms with E-state index in [0.29, 0.717) is 0 Å². The number of halogens is 6. The molecule has 0 atom stereocenters. The largest absolute Gasteiger partial charge is 0.574 e. The summed E-state index contributed by atoms with van der Waals surface area (Å²) in [6.45, 7) is 0. The summed E-state index contributed by atoms with van der Waals surface area (Å²) >= 11 is 2.43. The molecule has 1 heterocycles. The number of ether oxygens (including phenoxy) is 1. The van der Waals surface area contributed by atoms with Crippen LogP contribution in [-0.2, 0) is 0 Å². The highest BCUT2D eigenvalue weighted by molar-refractivity contribution is 9.10. The second-order valence-electron chi connectivity index (χ2n) is 2.79. The van der Waals surface area contributed by atoms with Crippen molar-refractivity contribution in [3.63, 3.8) is 0 Å². The van der Waals surface area contributed by atoms with E-state index in [9.17, 15) is 32.1 Å². The molecule has 0 fully saturated rings. The maximum absolute atomic E-state index is 12.5. The summed E-state index contributed by atoms with van der Waals surface area (Å²) < 4.78 is 63.1. The fourth-order valence-corrected chi connectivity index (χ4v) is 1.56. The first-order chi connectivity index (χ1) is 8.11.